The van der Waals surface area contributed by atoms with Crippen molar-refractivity contribution in [2.45, 2.75) is 17.9 Å². The number of nitro benzene ring substituents is 1. The second kappa shape index (κ2) is 4.83. The Hall–Kier alpha value is -1.58. The normalized spacial score (nSPS) is 16.1. The number of sulfonamides is 1. The van der Waals surface area contributed by atoms with Crippen molar-refractivity contribution in [2.75, 3.05) is 13.2 Å². The van der Waals surface area contributed by atoms with E-state index in [1.54, 1.807) is 0 Å². The minimum atomic E-state index is -3.92. The molecule has 1 N–H and O–H groups in total. The Morgan fingerprint density at radius 1 is 1.47 bits per heavy atom. The molecule has 0 saturated carbocycles. The van der Waals surface area contributed by atoms with Crippen LogP contribution in [0.3, 0.4) is 0 Å². The molecule has 19 heavy (non-hydrogen) atoms. The zero-order chi connectivity index (χ0) is 14.2. The van der Waals surface area contributed by atoms with E-state index in [1.807, 2.05) is 0 Å². The molecular weight excluding hydrogens is 279 g/mol. The quantitative estimate of drug-likeness (QED) is 0.650. The molecule has 1 heterocycles. The minimum absolute atomic E-state index is 0.107. The van der Waals surface area contributed by atoms with Crippen LogP contribution in [0.2, 0.25) is 0 Å². The Balaban J connectivity index is 2.43. The third kappa shape index (κ3) is 2.72. The van der Waals surface area contributed by atoms with E-state index in [4.69, 9.17) is 4.74 Å². The summed E-state index contributed by atoms with van der Waals surface area (Å²) in [6.45, 7) is 1.88. The largest absolute Gasteiger partial charge is 0.378 e. The standard InChI is InChI=1S/C10H11FN2O5S/c1-6-2-8(11)9(13(14)15)3-10(6)19(16,17)12-7-4-18-5-7/h2-3,7,12H,4-5H2,1H3. The predicted molar refractivity (Wildman–Crippen MR) is 62.7 cm³/mol. The molecule has 0 aliphatic carbocycles. The van der Waals surface area contributed by atoms with Gasteiger partial charge in [-0.3, -0.25) is 10.1 Å². The molecule has 104 valence electrons. The first-order valence-electron chi connectivity index (χ1n) is 5.36. The molecular formula is C10H11FN2O5S. The van der Waals surface area contributed by atoms with Crippen LogP contribution >= 0.6 is 0 Å². The van der Waals surface area contributed by atoms with E-state index in [0.29, 0.717) is 0 Å². The molecule has 1 aromatic rings. The molecule has 0 unspecified atom stereocenters. The summed E-state index contributed by atoms with van der Waals surface area (Å²) in [5, 5.41) is 10.6. The number of halogens is 1. The van der Waals surface area contributed by atoms with Crippen LogP contribution in [-0.4, -0.2) is 32.6 Å². The maximum absolute atomic E-state index is 13.3. The summed E-state index contributed by atoms with van der Waals surface area (Å²) in [4.78, 5) is 9.38. The molecule has 2 rings (SSSR count). The SMILES string of the molecule is Cc1cc(F)c([N+](=O)[O-])cc1S(=O)(=O)NC1COC1. The van der Waals surface area contributed by atoms with Gasteiger partial charge in [0.1, 0.15) is 0 Å². The zero-order valence-corrected chi connectivity index (χ0v) is 10.7. The molecule has 1 aliphatic heterocycles. The van der Waals surface area contributed by atoms with E-state index in [9.17, 15) is 22.9 Å². The Labute approximate surface area is 108 Å². The number of nitrogens with zero attached hydrogens (tertiary/aromatic N) is 1. The topological polar surface area (TPSA) is 98.5 Å². The number of hydrogen-bond acceptors (Lipinski definition) is 5. The van der Waals surface area contributed by atoms with Crippen molar-refractivity contribution in [1.29, 1.82) is 0 Å². The first kappa shape index (κ1) is 13.8. The number of ether oxygens (including phenoxy) is 1. The van der Waals surface area contributed by atoms with Gasteiger partial charge in [-0.05, 0) is 18.6 Å². The predicted octanol–water partition coefficient (Wildman–Crippen LogP) is 0.719. The van der Waals surface area contributed by atoms with Gasteiger partial charge in [0.2, 0.25) is 15.8 Å². The van der Waals surface area contributed by atoms with Crippen LogP contribution in [0.25, 0.3) is 0 Å². The van der Waals surface area contributed by atoms with Gasteiger partial charge < -0.3 is 4.74 Å². The average Bonchev–Trinajstić information content (AvgIpc) is 2.22. The molecule has 1 fully saturated rings. The molecule has 1 saturated heterocycles. The third-order valence-corrected chi connectivity index (χ3v) is 4.35. The smallest absolute Gasteiger partial charge is 0.306 e. The van der Waals surface area contributed by atoms with Crippen LogP contribution in [0, 0.1) is 22.9 Å². The average molecular weight is 290 g/mol. The van der Waals surface area contributed by atoms with Crippen molar-refractivity contribution in [3.05, 3.63) is 33.6 Å². The van der Waals surface area contributed by atoms with Gasteiger partial charge in [-0.15, -0.1) is 0 Å². The first-order chi connectivity index (χ1) is 8.81. The molecule has 9 heteroatoms. The lowest BCUT2D eigenvalue weighted by molar-refractivity contribution is -0.387. The summed E-state index contributed by atoms with van der Waals surface area (Å²) >= 11 is 0. The van der Waals surface area contributed by atoms with Crippen molar-refractivity contribution < 1.29 is 22.5 Å². The number of rotatable bonds is 4. The molecule has 7 nitrogen and oxygen atoms in total. The highest BCUT2D eigenvalue weighted by atomic mass is 32.2. The van der Waals surface area contributed by atoms with Crippen molar-refractivity contribution in [2.24, 2.45) is 0 Å². The van der Waals surface area contributed by atoms with Gasteiger partial charge >= 0.3 is 5.69 Å². The first-order valence-corrected chi connectivity index (χ1v) is 6.84. The molecule has 0 bridgehead atoms. The van der Waals surface area contributed by atoms with Gasteiger partial charge in [0.15, 0.2) is 0 Å². The maximum atomic E-state index is 13.3. The Kier molecular flexibility index (Phi) is 3.52. The summed E-state index contributed by atoms with van der Waals surface area (Å²) in [7, 11) is -3.92. The van der Waals surface area contributed by atoms with Crippen LogP contribution in [-0.2, 0) is 14.8 Å². The number of nitro groups is 1. The Morgan fingerprint density at radius 2 is 2.11 bits per heavy atom. The van der Waals surface area contributed by atoms with Crippen molar-refractivity contribution in [1.82, 2.24) is 4.72 Å². The van der Waals surface area contributed by atoms with Gasteiger partial charge in [0.25, 0.3) is 0 Å². The summed E-state index contributed by atoms with van der Waals surface area (Å²) in [6, 6.07) is 1.21. The Bertz CT molecular complexity index is 627. The van der Waals surface area contributed by atoms with Gasteiger partial charge in [-0.25, -0.2) is 13.1 Å². The summed E-state index contributed by atoms with van der Waals surface area (Å²) < 4.78 is 44.6. The fourth-order valence-electron chi connectivity index (χ4n) is 1.66. The van der Waals surface area contributed by atoms with Crippen molar-refractivity contribution in [3.63, 3.8) is 0 Å². The molecule has 0 spiro atoms. The lowest BCUT2D eigenvalue weighted by Gasteiger charge is -2.26. The minimum Gasteiger partial charge on any atom is -0.378 e. The van der Waals surface area contributed by atoms with Gasteiger partial charge in [0.05, 0.1) is 29.1 Å². The number of aryl methyl sites for hydroxylation is 1. The second-order valence-electron chi connectivity index (χ2n) is 4.18. The van der Waals surface area contributed by atoms with E-state index in [0.717, 1.165) is 12.1 Å². The van der Waals surface area contributed by atoms with Crippen LogP contribution in [0.1, 0.15) is 5.56 Å². The lowest BCUT2D eigenvalue weighted by Crippen LogP contribution is -2.48. The fraction of sp³-hybridized carbons (Fsp3) is 0.400. The number of hydrogen-bond donors (Lipinski definition) is 1. The summed E-state index contributed by atoms with van der Waals surface area (Å²) in [5.74, 6) is -1.06. The molecule has 0 amide bonds. The Morgan fingerprint density at radius 3 is 2.58 bits per heavy atom. The van der Waals surface area contributed by atoms with E-state index in [1.165, 1.54) is 6.92 Å². The second-order valence-corrected chi connectivity index (χ2v) is 5.86. The number of nitrogens with one attached hydrogen (secondary N) is 1. The molecule has 0 atom stereocenters. The van der Waals surface area contributed by atoms with Crippen LogP contribution in [0.4, 0.5) is 10.1 Å². The highest BCUT2D eigenvalue weighted by Gasteiger charge is 2.29. The van der Waals surface area contributed by atoms with Gasteiger partial charge in [-0.2, -0.15) is 4.39 Å². The highest BCUT2D eigenvalue weighted by molar-refractivity contribution is 7.89. The molecule has 0 aromatic heterocycles. The van der Waals surface area contributed by atoms with Crippen LogP contribution in [0.15, 0.2) is 17.0 Å². The van der Waals surface area contributed by atoms with Crippen molar-refractivity contribution in [3.8, 4) is 0 Å². The molecule has 0 radical (unpaired) electrons. The van der Waals surface area contributed by atoms with E-state index >= 15 is 0 Å². The van der Waals surface area contributed by atoms with E-state index in [2.05, 4.69) is 4.72 Å². The summed E-state index contributed by atoms with van der Waals surface area (Å²) in [5.41, 5.74) is -0.758. The fourth-order valence-corrected chi connectivity index (χ4v) is 3.11. The monoisotopic (exact) mass is 290 g/mol. The van der Waals surface area contributed by atoms with Gasteiger partial charge in [-0.1, -0.05) is 0 Å². The zero-order valence-electron chi connectivity index (χ0n) is 9.92. The lowest BCUT2D eigenvalue weighted by atomic mass is 10.2. The van der Waals surface area contributed by atoms with Crippen molar-refractivity contribution >= 4 is 15.7 Å². The third-order valence-electron chi connectivity index (χ3n) is 2.69. The summed E-state index contributed by atoms with van der Waals surface area (Å²) in [6.07, 6.45) is 0. The molecule has 1 aliphatic rings. The van der Waals surface area contributed by atoms with E-state index in [-0.39, 0.29) is 29.7 Å². The highest BCUT2D eigenvalue weighted by Crippen LogP contribution is 2.25. The number of benzene rings is 1. The van der Waals surface area contributed by atoms with Crippen LogP contribution < -0.4 is 4.72 Å². The maximum Gasteiger partial charge on any atom is 0.306 e. The van der Waals surface area contributed by atoms with Crippen LogP contribution in [0.5, 0.6) is 0 Å². The molecule has 1 aromatic carbocycles. The van der Waals surface area contributed by atoms with E-state index < -0.39 is 26.5 Å². The van der Waals surface area contributed by atoms with Gasteiger partial charge in [0, 0.05) is 6.07 Å².